The Bertz CT molecular complexity index is 928. The smallest absolute Gasteiger partial charge is 0.346 e. The van der Waals surface area contributed by atoms with Gasteiger partial charge in [-0.05, 0) is 24.1 Å². The van der Waals surface area contributed by atoms with Crippen LogP contribution in [0.2, 0.25) is 0 Å². The first-order valence-corrected chi connectivity index (χ1v) is 8.68. The first-order valence-electron chi connectivity index (χ1n) is 8.68. The fourth-order valence-corrected chi connectivity index (χ4v) is 3.01. The largest absolute Gasteiger partial charge is 0.481 e. The number of carbonyl (C=O) groups excluding carboxylic acids is 2. The minimum atomic E-state index is -1.17. The quantitative estimate of drug-likeness (QED) is 0.565. The highest BCUT2D eigenvalue weighted by Gasteiger charge is 2.51. The number of ether oxygens (including phenoxy) is 1. The second kappa shape index (κ2) is 7.91. The van der Waals surface area contributed by atoms with E-state index >= 15 is 0 Å². The number of carboxylic acid groups (broad SMARTS) is 1. The number of rotatable bonds is 7. The molecule has 1 aliphatic heterocycles. The van der Waals surface area contributed by atoms with E-state index < -0.39 is 30.1 Å². The number of imide groups is 1. The van der Waals surface area contributed by atoms with Crippen molar-refractivity contribution < 1.29 is 24.2 Å². The molecule has 3 amide bonds. The fraction of sp³-hybridized carbons (Fsp3) is 0.200. The van der Waals surface area contributed by atoms with Crippen molar-refractivity contribution in [2.45, 2.75) is 18.9 Å². The van der Waals surface area contributed by atoms with Crippen molar-refractivity contribution in [1.82, 2.24) is 10.3 Å². The van der Waals surface area contributed by atoms with Gasteiger partial charge in [0.2, 0.25) is 0 Å². The number of carboxylic acids is 1. The molecule has 8 nitrogen and oxygen atoms in total. The van der Waals surface area contributed by atoms with E-state index in [1.165, 1.54) is 6.21 Å². The van der Waals surface area contributed by atoms with Crippen molar-refractivity contribution in [3.63, 3.8) is 0 Å². The number of amides is 3. The minimum absolute atomic E-state index is 0.283. The summed E-state index contributed by atoms with van der Waals surface area (Å²) in [7, 11) is 0. The maximum Gasteiger partial charge on any atom is 0.346 e. The van der Waals surface area contributed by atoms with E-state index in [0.717, 1.165) is 5.01 Å². The van der Waals surface area contributed by atoms with Crippen LogP contribution in [0, 0.1) is 0 Å². The summed E-state index contributed by atoms with van der Waals surface area (Å²) in [6.45, 7) is 1.30. The molecule has 144 valence electrons. The van der Waals surface area contributed by atoms with Crippen LogP contribution in [0.5, 0.6) is 5.75 Å². The molecule has 3 rings (SSSR count). The summed E-state index contributed by atoms with van der Waals surface area (Å²) in [4.78, 5) is 36.1. The Balaban J connectivity index is 1.87. The SMILES string of the molecule is CC[C@]1(c2ccccc2)NC(=O)N(/N=C\c2ccccc2OCC(=O)O)C1=O. The molecule has 1 fully saturated rings. The van der Waals surface area contributed by atoms with Gasteiger partial charge in [0.25, 0.3) is 5.91 Å². The van der Waals surface area contributed by atoms with Crippen LogP contribution in [0.15, 0.2) is 59.7 Å². The van der Waals surface area contributed by atoms with Crippen LogP contribution >= 0.6 is 0 Å². The Morgan fingerprint density at radius 1 is 1.18 bits per heavy atom. The summed E-state index contributed by atoms with van der Waals surface area (Å²) < 4.78 is 5.20. The molecule has 0 unspecified atom stereocenters. The second-order valence-corrected chi connectivity index (χ2v) is 6.14. The van der Waals surface area contributed by atoms with E-state index in [0.29, 0.717) is 17.5 Å². The van der Waals surface area contributed by atoms with Crippen LogP contribution in [0.25, 0.3) is 0 Å². The van der Waals surface area contributed by atoms with Gasteiger partial charge in [0.15, 0.2) is 6.61 Å². The Hall–Kier alpha value is -3.68. The first kappa shape index (κ1) is 19.1. The number of hydrogen-bond acceptors (Lipinski definition) is 5. The van der Waals surface area contributed by atoms with Gasteiger partial charge in [-0.1, -0.05) is 49.4 Å². The number of hydrazone groups is 1. The van der Waals surface area contributed by atoms with E-state index in [1.54, 1.807) is 48.5 Å². The predicted molar refractivity (Wildman–Crippen MR) is 101 cm³/mol. The molecule has 0 aromatic heterocycles. The van der Waals surface area contributed by atoms with E-state index in [-0.39, 0.29) is 5.75 Å². The molecule has 0 aliphatic carbocycles. The minimum Gasteiger partial charge on any atom is -0.481 e. The molecule has 1 saturated heterocycles. The van der Waals surface area contributed by atoms with Crippen molar-refractivity contribution in [2.24, 2.45) is 5.10 Å². The van der Waals surface area contributed by atoms with Gasteiger partial charge < -0.3 is 15.2 Å². The van der Waals surface area contributed by atoms with Crippen LogP contribution < -0.4 is 10.1 Å². The second-order valence-electron chi connectivity index (χ2n) is 6.14. The average Bonchev–Trinajstić information content (AvgIpc) is 2.96. The molecular weight excluding hydrogens is 362 g/mol. The first-order chi connectivity index (χ1) is 13.5. The van der Waals surface area contributed by atoms with Gasteiger partial charge >= 0.3 is 12.0 Å². The van der Waals surface area contributed by atoms with Crippen molar-refractivity contribution in [2.75, 3.05) is 6.61 Å². The van der Waals surface area contributed by atoms with Gasteiger partial charge in [-0.3, -0.25) is 4.79 Å². The molecule has 1 heterocycles. The van der Waals surface area contributed by atoms with Gasteiger partial charge in [-0.25, -0.2) is 9.59 Å². The highest BCUT2D eigenvalue weighted by Crippen LogP contribution is 2.32. The number of aliphatic carboxylic acids is 1. The van der Waals surface area contributed by atoms with E-state index in [1.807, 2.05) is 13.0 Å². The zero-order chi connectivity index (χ0) is 20.1. The molecule has 28 heavy (non-hydrogen) atoms. The molecule has 2 aromatic carbocycles. The van der Waals surface area contributed by atoms with E-state index in [2.05, 4.69) is 10.4 Å². The zero-order valence-corrected chi connectivity index (χ0v) is 15.2. The molecular formula is C20H19N3O5. The van der Waals surface area contributed by atoms with Crippen LogP contribution in [0.3, 0.4) is 0 Å². The molecule has 1 atom stereocenters. The predicted octanol–water partition coefficient (Wildman–Crippen LogP) is 2.34. The van der Waals surface area contributed by atoms with Crippen LogP contribution in [0.1, 0.15) is 24.5 Å². The standard InChI is InChI=1S/C20H19N3O5/c1-2-20(15-9-4-3-5-10-15)18(26)23(19(27)22-20)21-12-14-8-6-7-11-16(14)28-13-17(24)25/h3-12H,2,13H2,1H3,(H,22,27)(H,24,25)/b21-12-/t20-/m1/s1. The lowest BCUT2D eigenvalue weighted by molar-refractivity contribution is -0.139. The molecule has 0 radical (unpaired) electrons. The maximum absolute atomic E-state index is 13.0. The number of hydrogen-bond donors (Lipinski definition) is 2. The molecule has 0 saturated carbocycles. The summed E-state index contributed by atoms with van der Waals surface area (Å²) in [5.41, 5.74) is -0.0496. The fourth-order valence-electron chi connectivity index (χ4n) is 3.01. The van der Waals surface area contributed by atoms with Gasteiger partial charge in [0, 0.05) is 5.56 Å². The molecule has 2 N–H and O–H groups in total. The van der Waals surface area contributed by atoms with E-state index in [9.17, 15) is 14.4 Å². The molecule has 8 heteroatoms. The number of carbonyl (C=O) groups is 3. The number of benzene rings is 2. The lowest BCUT2D eigenvalue weighted by Gasteiger charge is -2.24. The summed E-state index contributed by atoms with van der Waals surface area (Å²) in [6.07, 6.45) is 1.66. The van der Waals surface area contributed by atoms with Crippen molar-refractivity contribution in [3.8, 4) is 5.75 Å². The topological polar surface area (TPSA) is 108 Å². The maximum atomic E-state index is 13.0. The Morgan fingerprint density at radius 3 is 2.54 bits per heavy atom. The number of para-hydroxylation sites is 1. The van der Waals surface area contributed by atoms with Crippen molar-refractivity contribution in [3.05, 3.63) is 65.7 Å². The third-order valence-corrected chi connectivity index (χ3v) is 4.45. The number of urea groups is 1. The molecule has 0 spiro atoms. The number of nitrogens with zero attached hydrogens (tertiary/aromatic N) is 2. The van der Waals surface area contributed by atoms with Gasteiger partial charge in [-0.2, -0.15) is 5.10 Å². The van der Waals surface area contributed by atoms with Gasteiger partial charge in [-0.15, -0.1) is 5.01 Å². The summed E-state index contributed by atoms with van der Waals surface area (Å²) in [5, 5.41) is 16.3. The summed E-state index contributed by atoms with van der Waals surface area (Å²) in [6, 6.07) is 15.0. The van der Waals surface area contributed by atoms with Crippen LogP contribution in [-0.2, 0) is 15.1 Å². The molecule has 1 aliphatic rings. The Kier molecular flexibility index (Phi) is 5.39. The Morgan fingerprint density at radius 2 is 1.86 bits per heavy atom. The highest BCUT2D eigenvalue weighted by atomic mass is 16.5. The highest BCUT2D eigenvalue weighted by molar-refractivity contribution is 6.07. The third kappa shape index (κ3) is 3.57. The van der Waals surface area contributed by atoms with Crippen LogP contribution in [0.4, 0.5) is 4.79 Å². The lowest BCUT2D eigenvalue weighted by atomic mass is 9.87. The van der Waals surface area contributed by atoms with Gasteiger partial charge in [0.1, 0.15) is 11.3 Å². The zero-order valence-electron chi connectivity index (χ0n) is 15.2. The normalized spacial score (nSPS) is 19.1. The number of nitrogens with one attached hydrogen (secondary N) is 1. The lowest BCUT2D eigenvalue weighted by Crippen LogP contribution is -2.43. The van der Waals surface area contributed by atoms with Gasteiger partial charge in [0.05, 0.1) is 6.21 Å². The van der Waals surface area contributed by atoms with Crippen LogP contribution in [-0.4, -0.2) is 40.8 Å². The monoisotopic (exact) mass is 381 g/mol. The van der Waals surface area contributed by atoms with Crippen molar-refractivity contribution >= 4 is 24.1 Å². The molecule has 0 bridgehead atoms. The summed E-state index contributed by atoms with van der Waals surface area (Å²) in [5.74, 6) is -1.31. The van der Waals surface area contributed by atoms with E-state index in [4.69, 9.17) is 9.84 Å². The average molecular weight is 381 g/mol. The third-order valence-electron chi connectivity index (χ3n) is 4.45. The summed E-state index contributed by atoms with van der Waals surface area (Å²) >= 11 is 0. The molecule has 2 aromatic rings. The Labute approximate surface area is 161 Å². The van der Waals surface area contributed by atoms with Crippen molar-refractivity contribution in [1.29, 1.82) is 0 Å².